The van der Waals surface area contributed by atoms with Crippen LogP contribution in [0.1, 0.15) is 232 Å². The Morgan fingerprint density at radius 1 is 0.597 bits per heavy atom. The van der Waals surface area contributed by atoms with E-state index >= 15 is 0 Å². The summed E-state index contributed by atoms with van der Waals surface area (Å²) in [7, 11) is -5.13. The number of carbonyl (C=O) groups excluding carboxylic acids is 1. The van der Waals surface area contributed by atoms with Gasteiger partial charge in [0.1, 0.15) is 30.5 Å². The van der Waals surface area contributed by atoms with Crippen LogP contribution in [-0.4, -0.2) is 107 Å². The lowest BCUT2D eigenvalue weighted by Gasteiger charge is -2.41. The van der Waals surface area contributed by atoms with E-state index in [1.807, 2.05) is 0 Å². The lowest BCUT2D eigenvalue weighted by molar-refractivity contribution is -0.298. The number of hydrogen-bond acceptors (Lipinski definition) is 11. The zero-order valence-electron chi connectivity index (χ0n) is 42.1. The van der Waals surface area contributed by atoms with Crippen LogP contribution in [0.4, 0.5) is 0 Å². The molecule has 67 heavy (non-hydrogen) atoms. The molecule has 1 rings (SSSR count). The maximum absolute atomic E-state index is 13.2. The normalized spacial score (nSPS) is 20.6. The molecular formula is C53H99NO12S. The Bertz CT molecular complexity index is 1350. The first-order valence-corrected chi connectivity index (χ1v) is 28.3. The SMILES string of the molecule is CCCCCCCCCCCCC/C=C\CCCCCCCCC(O)C(=O)NC(COC1OC(CO)C(O)C(OS(=O)(=O)O)C1O)C(O)/C=C/CC/C=C/CCCCCCCCCCCCC. The molecule has 0 radical (unpaired) electrons. The summed E-state index contributed by atoms with van der Waals surface area (Å²) in [5.74, 6) is -0.715. The largest absolute Gasteiger partial charge is 0.397 e. The predicted octanol–water partition coefficient (Wildman–Crippen LogP) is 10.8. The molecular weight excluding hydrogens is 875 g/mol. The Hall–Kier alpha value is -1.72. The lowest BCUT2D eigenvalue weighted by Crippen LogP contribution is -2.61. The maximum atomic E-state index is 13.2. The number of ether oxygens (including phenoxy) is 2. The zero-order chi connectivity index (χ0) is 49.2. The van der Waals surface area contributed by atoms with Crippen LogP contribution < -0.4 is 5.32 Å². The highest BCUT2D eigenvalue weighted by molar-refractivity contribution is 7.80. The third-order valence-corrected chi connectivity index (χ3v) is 13.2. The molecule has 0 spiro atoms. The molecule has 1 aliphatic heterocycles. The number of unbranched alkanes of at least 4 members (excludes halogenated alkanes) is 29. The molecule has 1 amide bonds. The first-order valence-electron chi connectivity index (χ1n) is 27.0. The van der Waals surface area contributed by atoms with E-state index in [1.54, 1.807) is 6.08 Å². The molecule has 0 aromatic heterocycles. The van der Waals surface area contributed by atoms with Crippen molar-refractivity contribution in [1.29, 1.82) is 0 Å². The van der Waals surface area contributed by atoms with Gasteiger partial charge in [-0.2, -0.15) is 8.42 Å². The van der Waals surface area contributed by atoms with Gasteiger partial charge in [0.25, 0.3) is 0 Å². The Balaban J connectivity index is 2.50. The molecule has 8 unspecified atom stereocenters. The average molecular weight is 974 g/mol. The molecule has 0 bridgehead atoms. The van der Waals surface area contributed by atoms with E-state index in [4.69, 9.17) is 9.47 Å². The van der Waals surface area contributed by atoms with Gasteiger partial charge < -0.3 is 40.3 Å². The molecule has 1 heterocycles. The van der Waals surface area contributed by atoms with Gasteiger partial charge in [-0.15, -0.1) is 0 Å². The molecule has 394 valence electrons. The van der Waals surface area contributed by atoms with Crippen LogP contribution in [0.5, 0.6) is 0 Å². The minimum absolute atomic E-state index is 0.230. The van der Waals surface area contributed by atoms with Crippen molar-refractivity contribution in [3.05, 3.63) is 36.5 Å². The molecule has 0 aliphatic carbocycles. The van der Waals surface area contributed by atoms with E-state index in [0.29, 0.717) is 12.8 Å². The van der Waals surface area contributed by atoms with E-state index in [1.165, 1.54) is 141 Å². The second-order valence-corrected chi connectivity index (χ2v) is 20.0. The summed E-state index contributed by atoms with van der Waals surface area (Å²) < 4.78 is 47.6. The van der Waals surface area contributed by atoms with Crippen molar-refractivity contribution >= 4 is 16.3 Å². The summed E-state index contributed by atoms with van der Waals surface area (Å²) in [6.45, 7) is 3.23. The number of allylic oxidation sites excluding steroid dienone is 5. The van der Waals surface area contributed by atoms with Gasteiger partial charge in [-0.25, -0.2) is 4.18 Å². The van der Waals surface area contributed by atoms with Crippen LogP contribution in [0.15, 0.2) is 36.5 Å². The summed E-state index contributed by atoms with van der Waals surface area (Å²) in [5, 5.41) is 55.4. The van der Waals surface area contributed by atoms with Crippen LogP contribution in [0.25, 0.3) is 0 Å². The van der Waals surface area contributed by atoms with Gasteiger partial charge in [0.2, 0.25) is 5.91 Å². The summed E-state index contributed by atoms with van der Waals surface area (Å²) >= 11 is 0. The van der Waals surface area contributed by atoms with E-state index in [9.17, 15) is 43.3 Å². The highest BCUT2D eigenvalue weighted by Gasteiger charge is 2.48. The van der Waals surface area contributed by atoms with E-state index in [0.717, 1.165) is 64.2 Å². The van der Waals surface area contributed by atoms with Gasteiger partial charge in [0.05, 0.1) is 25.4 Å². The average Bonchev–Trinajstić information content (AvgIpc) is 3.30. The Labute approximate surface area is 408 Å². The molecule has 1 saturated heterocycles. The van der Waals surface area contributed by atoms with Crippen molar-refractivity contribution in [3.63, 3.8) is 0 Å². The predicted molar refractivity (Wildman–Crippen MR) is 270 cm³/mol. The summed E-state index contributed by atoms with van der Waals surface area (Å²) in [6, 6.07) is -1.14. The van der Waals surface area contributed by atoms with Crippen molar-refractivity contribution in [1.82, 2.24) is 5.32 Å². The highest BCUT2D eigenvalue weighted by Crippen LogP contribution is 2.26. The fraction of sp³-hybridized carbons (Fsp3) is 0.868. The zero-order valence-corrected chi connectivity index (χ0v) is 42.9. The first-order chi connectivity index (χ1) is 32.4. The van der Waals surface area contributed by atoms with Gasteiger partial charge in [-0.05, 0) is 57.8 Å². The quantitative estimate of drug-likeness (QED) is 0.0173. The molecule has 14 heteroatoms. The number of rotatable bonds is 46. The summed E-state index contributed by atoms with van der Waals surface area (Å²) in [4.78, 5) is 13.2. The third kappa shape index (κ3) is 35.1. The standard InChI is InChI=1S/C53H99NO12S/c1-3-5-7-9-11-13-15-17-19-21-22-23-24-26-28-30-32-34-36-38-40-42-47(57)52(60)54-45(44-64-53-50(59)51(66-67(61,62)63)49(58)48(43-55)65-53)46(56)41-39-37-35-33-31-29-27-25-20-18-16-14-12-10-8-6-4-2/h24,26,31,33,39,41,45-51,53,55-59H,3-23,25,27-30,32,34-38,40,42-44H2,1-2H3,(H,54,60)(H,61,62,63)/b26-24-,33-31+,41-39+. The minimum atomic E-state index is -5.13. The van der Waals surface area contributed by atoms with Gasteiger partial charge in [0.15, 0.2) is 6.29 Å². The fourth-order valence-corrected chi connectivity index (χ4v) is 8.98. The van der Waals surface area contributed by atoms with Crippen LogP contribution in [-0.2, 0) is 28.9 Å². The highest BCUT2D eigenvalue weighted by atomic mass is 32.3. The Kier molecular flexibility index (Phi) is 40.7. The summed E-state index contributed by atoms with van der Waals surface area (Å²) in [5.41, 5.74) is 0. The van der Waals surface area contributed by atoms with Crippen molar-refractivity contribution in [2.24, 2.45) is 0 Å². The topological polar surface area (TPSA) is 212 Å². The Morgan fingerprint density at radius 2 is 1.00 bits per heavy atom. The number of carbonyl (C=O) groups is 1. The van der Waals surface area contributed by atoms with Crippen molar-refractivity contribution < 1.29 is 57.0 Å². The Morgan fingerprint density at radius 3 is 1.43 bits per heavy atom. The number of aliphatic hydroxyl groups excluding tert-OH is 5. The molecule has 8 atom stereocenters. The molecule has 0 aromatic rings. The number of hydrogen-bond donors (Lipinski definition) is 7. The van der Waals surface area contributed by atoms with E-state index in [-0.39, 0.29) is 6.42 Å². The summed E-state index contributed by atoms with van der Waals surface area (Å²) in [6.07, 6.45) is 40.8. The van der Waals surface area contributed by atoms with Gasteiger partial charge in [-0.3, -0.25) is 9.35 Å². The van der Waals surface area contributed by atoms with E-state index < -0.39 is 78.5 Å². The third-order valence-electron chi connectivity index (χ3n) is 12.8. The van der Waals surface area contributed by atoms with Crippen LogP contribution in [0.3, 0.4) is 0 Å². The molecule has 0 aromatic carbocycles. The second kappa shape index (κ2) is 43.1. The van der Waals surface area contributed by atoms with Crippen LogP contribution in [0, 0.1) is 0 Å². The molecule has 7 N–H and O–H groups in total. The molecule has 1 fully saturated rings. The number of amides is 1. The van der Waals surface area contributed by atoms with Crippen LogP contribution >= 0.6 is 0 Å². The van der Waals surface area contributed by atoms with Crippen molar-refractivity contribution in [2.75, 3.05) is 13.2 Å². The molecule has 0 saturated carbocycles. The number of aliphatic hydroxyl groups is 5. The van der Waals surface area contributed by atoms with Gasteiger partial charge in [-0.1, -0.05) is 211 Å². The van der Waals surface area contributed by atoms with Gasteiger partial charge >= 0.3 is 10.4 Å². The number of nitrogens with one attached hydrogen (secondary N) is 1. The van der Waals surface area contributed by atoms with Crippen molar-refractivity contribution in [2.45, 2.75) is 281 Å². The molecule has 13 nitrogen and oxygen atoms in total. The monoisotopic (exact) mass is 974 g/mol. The van der Waals surface area contributed by atoms with Crippen LogP contribution in [0.2, 0.25) is 0 Å². The fourth-order valence-electron chi connectivity index (χ4n) is 8.47. The van der Waals surface area contributed by atoms with Gasteiger partial charge in [0, 0.05) is 0 Å². The molecule has 1 aliphatic rings. The maximum Gasteiger partial charge on any atom is 0.397 e. The second-order valence-electron chi connectivity index (χ2n) is 18.9. The van der Waals surface area contributed by atoms with Crippen molar-refractivity contribution in [3.8, 4) is 0 Å². The minimum Gasteiger partial charge on any atom is -0.394 e. The first kappa shape index (κ1) is 63.3. The smallest absolute Gasteiger partial charge is 0.394 e. The lowest BCUT2D eigenvalue weighted by atomic mass is 9.99. The van der Waals surface area contributed by atoms with E-state index in [2.05, 4.69) is 47.7 Å².